The third-order valence-electron chi connectivity index (χ3n) is 5.53. The van der Waals surface area contributed by atoms with Crippen LogP contribution in [0.3, 0.4) is 0 Å². The van der Waals surface area contributed by atoms with Crippen molar-refractivity contribution in [1.29, 1.82) is 0 Å². The molecule has 0 aromatic carbocycles. The minimum Gasteiger partial charge on any atom is -0.355 e. The highest BCUT2D eigenvalue weighted by atomic mass is 127. The van der Waals surface area contributed by atoms with Crippen molar-refractivity contribution in [2.45, 2.75) is 44.8 Å². The smallest absolute Gasteiger partial charge is 0.191 e. The molecule has 2 aliphatic heterocycles. The molecule has 2 aliphatic rings. The van der Waals surface area contributed by atoms with Crippen molar-refractivity contribution in [2.24, 2.45) is 10.9 Å². The maximum Gasteiger partial charge on any atom is 0.191 e. The van der Waals surface area contributed by atoms with E-state index < -0.39 is 0 Å². The van der Waals surface area contributed by atoms with Gasteiger partial charge in [-0.25, -0.2) is 0 Å². The maximum absolute atomic E-state index is 4.46. The molecule has 2 saturated heterocycles. The summed E-state index contributed by atoms with van der Waals surface area (Å²) in [6.07, 6.45) is 1.25. The minimum absolute atomic E-state index is 0. The van der Waals surface area contributed by atoms with Crippen LogP contribution in [0.15, 0.2) is 4.99 Å². The summed E-state index contributed by atoms with van der Waals surface area (Å²) in [4.78, 5) is 9.38. The van der Waals surface area contributed by atoms with E-state index in [4.69, 9.17) is 0 Å². The van der Waals surface area contributed by atoms with E-state index in [1.165, 1.54) is 24.5 Å². The predicted molar refractivity (Wildman–Crippen MR) is 118 cm³/mol. The Bertz CT molecular complexity index is 410. The molecule has 0 spiro atoms. The van der Waals surface area contributed by atoms with Gasteiger partial charge in [-0.2, -0.15) is 11.8 Å². The third-order valence-corrected chi connectivity index (χ3v) is 6.77. The fourth-order valence-corrected chi connectivity index (χ4v) is 5.03. The summed E-state index contributed by atoms with van der Waals surface area (Å²) in [5.74, 6) is 4.06. The first-order valence-electron chi connectivity index (χ1n) is 8.84. The number of likely N-dealkylation sites (N-methyl/N-ethyl adjacent to an activating group) is 1. The van der Waals surface area contributed by atoms with Gasteiger partial charge in [0.05, 0.1) is 0 Å². The summed E-state index contributed by atoms with van der Waals surface area (Å²) >= 11 is 2.06. The Morgan fingerprint density at radius 1 is 1.38 bits per heavy atom. The standard InChI is InChI=1S/C17H35N5S.HI/c1-13(2)22-9-14(3)15(10-22)20-16(18-4)19-11-17(21(5)6)7-8-23-12-17;/h13-15H,7-12H2,1-6H3,(H2,18,19,20);1H. The Morgan fingerprint density at radius 2 is 2.08 bits per heavy atom. The van der Waals surface area contributed by atoms with Gasteiger partial charge in [0.25, 0.3) is 0 Å². The largest absolute Gasteiger partial charge is 0.355 e. The number of halogens is 1. The lowest BCUT2D eigenvalue weighted by Gasteiger charge is -2.36. The number of rotatable bonds is 5. The van der Waals surface area contributed by atoms with Crippen LogP contribution in [0.25, 0.3) is 0 Å². The average molecular weight is 469 g/mol. The van der Waals surface area contributed by atoms with Crippen LogP contribution in [-0.2, 0) is 0 Å². The molecule has 2 heterocycles. The molecule has 2 N–H and O–H groups in total. The molecule has 0 bridgehead atoms. The van der Waals surface area contributed by atoms with Crippen LogP contribution in [0, 0.1) is 5.92 Å². The van der Waals surface area contributed by atoms with Crippen molar-refractivity contribution in [2.75, 3.05) is 52.3 Å². The number of aliphatic imine (C=N–C) groups is 1. The Kier molecular flexibility index (Phi) is 9.14. The summed E-state index contributed by atoms with van der Waals surface area (Å²) in [6, 6.07) is 1.10. The number of thioether (sulfide) groups is 1. The van der Waals surface area contributed by atoms with Gasteiger partial charge in [-0.05, 0) is 46.0 Å². The average Bonchev–Trinajstić information content (AvgIpc) is 3.11. The quantitative estimate of drug-likeness (QED) is 0.366. The van der Waals surface area contributed by atoms with Crippen molar-refractivity contribution in [3.63, 3.8) is 0 Å². The van der Waals surface area contributed by atoms with E-state index in [0.29, 0.717) is 18.0 Å². The number of likely N-dealkylation sites (tertiary alicyclic amines) is 1. The van der Waals surface area contributed by atoms with E-state index in [-0.39, 0.29) is 29.5 Å². The zero-order valence-corrected chi connectivity index (χ0v) is 19.3. The van der Waals surface area contributed by atoms with Crippen molar-refractivity contribution in [3.05, 3.63) is 0 Å². The van der Waals surface area contributed by atoms with Gasteiger partial charge in [-0.1, -0.05) is 6.92 Å². The van der Waals surface area contributed by atoms with Crippen LogP contribution in [-0.4, -0.2) is 85.7 Å². The van der Waals surface area contributed by atoms with Gasteiger partial charge in [0, 0.05) is 50.1 Å². The minimum atomic E-state index is 0. The highest BCUT2D eigenvalue weighted by Crippen LogP contribution is 2.31. The zero-order chi connectivity index (χ0) is 17.0. The second kappa shape index (κ2) is 9.83. The molecule has 0 aromatic rings. The number of hydrogen-bond acceptors (Lipinski definition) is 4. The first-order valence-corrected chi connectivity index (χ1v) is 10.00. The SMILES string of the molecule is CN=C(NCC1(N(C)C)CCSC1)NC1CN(C(C)C)CC1C.I. The first kappa shape index (κ1) is 22.3. The van der Waals surface area contributed by atoms with Gasteiger partial charge in [0.1, 0.15) is 0 Å². The van der Waals surface area contributed by atoms with Gasteiger partial charge >= 0.3 is 0 Å². The Balaban J connectivity index is 0.00000288. The van der Waals surface area contributed by atoms with Gasteiger partial charge in [-0.3, -0.25) is 9.89 Å². The van der Waals surface area contributed by atoms with E-state index in [9.17, 15) is 0 Å². The van der Waals surface area contributed by atoms with Crippen molar-refractivity contribution in [3.8, 4) is 0 Å². The highest BCUT2D eigenvalue weighted by Gasteiger charge is 2.37. The second-order valence-corrected chi connectivity index (χ2v) is 8.73. The summed E-state index contributed by atoms with van der Waals surface area (Å²) in [5.41, 5.74) is 0.257. The van der Waals surface area contributed by atoms with Crippen LogP contribution in [0.5, 0.6) is 0 Å². The van der Waals surface area contributed by atoms with Crippen LogP contribution in [0.1, 0.15) is 27.2 Å². The third kappa shape index (κ3) is 5.38. The molecule has 0 aromatic heterocycles. The van der Waals surface area contributed by atoms with E-state index >= 15 is 0 Å². The topological polar surface area (TPSA) is 42.9 Å². The van der Waals surface area contributed by atoms with E-state index in [2.05, 4.69) is 72.1 Å². The molecule has 7 heteroatoms. The molecular weight excluding hydrogens is 433 g/mol. The molecule has 0 saturated carbocycles. The van der Waals surface area contributed by atoms with Gasteiger partial charge in [0.2, 0.25) is 0 Å². The molecule has 0 amide bonds. The molecule has 3 unspecified atom stereocenters. The number of nitrogens with one attached hydrogen (secondary N) is 2. The highest BCUT2D eigenvalue weighted by molar-refractivity contribution is 14.0. The molecular formula is C17H36IN5S. The van der Waals surface area contributed by atoms with Crippen LogP contribution >= 0.6 is 35.7 Å². The predicted octanol–water partition coefficient (Wildman–Crippen LogP) is 1.94. The first-order chi connectivity index (χ1) is 10.9. The van der Waals surface area contributed by atoms with Gasteiger partial charge < -0.3 is 15.5 Å². The maximum atomic E-state index is 4.46. The number of guanidine groups is 1. The van der Waals surface area contributed by atoms with Gasteiger partial charge in [0.15, 0.2) is 5.96 Å². The summed E-state index contributed by atoms with van der Waals surface area (Å²) in [7, 11) is 6.27. The lowest BCUT2D eigenvalue weighted by molar-refractivity contribution is 0.182. The van der Waals surface area contributed by atoms with Crippen LogP contribution in [0.4, 0.5) is 0 Å². The van der Waals surface area contributed by atoms with Crippen LogP contribution in [0.2, 0.25) is 0 Å². The summed E-state index contributed by atoms with van der Waals surface area (Å²) in [5, 5.41) is 7.24. The molecule has 0 radical (unpaired) electrons. The summed E-state index contributed by atoms with van der Waals surface area (Å²) in [6.45, 7) is 10.1. The second-order valence-electron chi connectivity index (χ2n) is 7.62. The van der Waals surface area contributed by atoms with Crippen molar-refractivity contribution in [1.82, 2.24) is 20.4 Å². The zero-order valence-electron chi connectivity index (χ0n) is 16.1. The Hall–Kier alpha value is 0.270. The molecule has 5 nitrogen and oxygen atoms in total. The van der Waals surface area contributed by atoms with Crippen LogP contribution < -0.4 is 10.6 Å². The Labute approximate surface area is 169 Å². The molecule has 2 rings (SSSR count). The fraction of sp³-hybridized carbons (Fsp3) is 0.941. The molecule has 3 atom stereocenters. The molecule has 0 aliphatic carbocycles. The molecule has 2 fully saturated rings. The number of hydrogen-bond donors (Lipinski definition) is 2. The van der Waals surface area contributed by atoms with E-state index in [0.717, 1.165) is 19.0 Å². The molecule has 24 heavy (non-hydrogen) atoms. The monoisotopic (exact) mass is 469 g/mol. The van der Waals surface area contributed by atoms with Crippen molar-refractivity contribution < 1.29 is 0 Å². The normalized spacial score (nSPS) is 31.6. The fourth-order valence-electron chi connectivity index (χ4n) is 3.48. The lowest BCUT2D eigenvalue weighted by atomic mass is 9.97. The van der Waals surface area contributed by atoms with Crippen molar-refractivity contribution >= 4 is 41.7 Å². The molecule has 142 valence electrons. The van der Waals surface area contributed by atoms with E-state index in [1.54, 1.807) is 0 Å². The van der Waals surface area contributed by atoms with E-state index in [1.807, 2.05) is 7.05 Å². The van der Waals surface area contributed by atoms with Gasteiger partial charge in [-0.15, -0.1) is 24.0 Å². The Morgan fingerprint density at radius 3 is 2.54 bits per heavy atom. The number of nitrogens with zero attached hydrogens (tertiary/aromatic N) is 3. The lowest BCUT2D eigenvalue weighted by Crippen LogP contribution is -2.56. The summed E-state index contributed by atoms with van der Waals surface area (Å²) < 4.78 is 0.